The van der Waals surface area contributed by atoms with Crippen molar-refractivity contribution in [2.24, 2.45) is 11.8 Å². The standard InChI is InChI=1S/C13H26N2/c1-3-11-6-8-15(9-7-11)10-13(14-2)12-4-5-12/h11-14H,3-10H2,1-2H3. The number of hydrogen-bond donors (Lipinski definition) is 1. The monoisotopic (exact) mass is 210 g/mol. The van der Waals surface area contributed by atoms with Crippen molar-refractivity contribution in [1.82, 2.24) is 10.2 Å². The molecule has 0 spiro atoms. The second-order valence-corrected chi connectivity index (χ2v) is 5.38. The average molecular weight is 210 g/mol. The highest BCUT2D eigenvalue weighted by Crippen LogP contribution is 2.33. The van der Waals surface area contributed by atoms with Gasteiger partial charge < -0.3 is 10.2 Å². The molecule has 1 aliphatic heterocycles. The summed E-state index contributed by atoms with van der Waals surface area (Å²) in [6.07, 6.45) is 7.15. The molecule has 1 saturated carbocycles. The van der Waals surface area contributed by atoms with Crippen molar-refractivity contribution in [2.45, 2.75) is 45.1 Å². The number of likely N-dealkylation sites (N-methyl/N-ethyl adjacent to an activating group) is 1. The van der Waals surface area contributed by atoms with Gasteiger partial charge in [0.2, 0.25) is 0 Å². The molecule has 0 bridgehead atoms. The Labute approximate surface area is 94.4 Å². The summed E-state index contributed by atoms with van der Waals surface area (Å²) in [6, 6.07) is 0.767. The zero-order valence-electron chi connectivity index (χ0n) is 10.3. The molecule has 2 fully saturated rings. The van der Waals surface area contributed by atoms with Crippen molar-refractivity contribution in [3.63, 3.8) is 0 Å². The van der Waals surface area contributed by atoms with Crippen LogP contribution >= 0.6 is 0 Å². The largest absolute Gasteiger partial charge is 0.315 e. The van der Waals surface area contributed by atoms with Crippen LogP contribution in [-0.2, 0) is 0 Å². The van der Waals surface area contributed by atoms with Crippen molar-refractivity contribution in [3.8, 4) is 0 Å². The van der Waals surface area contributed by atoms with Crippen LogP contribution in [-0.4, -0.2) is 37.6 Å². The summed E-state index contributed by atoms with van der Waals surface area (Å²) in [7, 11) is 2.13. The molecule has 15 heavy (non-hydrogen) atoms. The van der Waals surface area contributed by atoms with Gasteiger partial charge in [-0.25, -0.2) is 0 Å². The molecule has 1 N–H and O–H groups in total. The van der Waals surface area contributed by atoms with E-state index in [9.17, 15) is 0 Å². The highest BCUT2D eigenvalue weighted by atomic mass is 15.2. The van der Waals surface area contributed by atoms with E-state index in [0.29, 0.717) is 0 Å². The molecule has 1 heterocycles. The van der Waals surface area contributed by atoms with Crippen molar-refractivity contribution in [2.75, 3.05) is 26.7 Å². The highest BCUT2D eigenvalue weighted by Gasteiger charge is 2.31. The van der Waals surface area contributed by atoms with E-state index in [0.717, 1.165) is 17.9 Å². The van der Waals surface area contributed by atoms with E-state index in [-0.39, 0.29) is 0 Å². The average Bonchev–Trinajstić information content (AvgIpc) is 3.10. The Balaban J connectivity index is 1.70. The van der Waals surface area contributed by atoms with Gasteiger partial charge in [0, 0.05) is 12.6 Å². The van der Waals surface area contributed by atoms with E-state index in [4.69, 9.17) is 0 Å². The van der Waals surface area contributed by atoms with Crippen molar-refractivity contribution < 1.29 is 0 Å². The third kappa shape index (κ3) is 3.18. The Morgan fingerprint density at radius 3 is 2.33 bits per heavy atom. The third-order valence-electron chi connectivity index (χ3n) is 4.30. The molecule has 0 aromatic carbocycles. The summed E-state index contributed by atoms with van der Waals surface area (Å²) < 4.78 is 0. The zero-order chi connectivity index (χ0) is 10.7. The first-order chi connectivity index (χ1) is 7.33. The Morgan fingerprint density at radius 2 is 1.87 bits per heavy atom. The number of nitrogens with zero attached hydrogens (tertiary/aromatic N) is 1. The minimum Gasteiger partial charge on any atom is -0.315 e. The second kappa shape index (κ2) is 5.31. The van der Waals surface area contributed by atoms with Gasteiger partial charge in [0.1, 0.15) is 0 Å². The van der Waals surface area contributed by atoms with Crippen LogP contribution < -0.4 is 5.32 Å². The third-order valence-corrected chi connectivity index (χ3v) is 4.30. The first kappa shape index (κ1) is 11.4. The maximum atomic E-state index is 3.49. The maximum absolute atomic E-state index is 3.49. The molecule has 88 valence electrons. The van der Waals surface area contributed by atoms with Crippen LogP contribution in [0.2, 0.25) is 0 Å². The van der Waals surface area contributed by atoms with Gasteiger partial charge in [-0.1, -0.05) is 13.3 Å². The topological polar surface area (TPSA) is 15.3 Å². The quantitative estimate of drug-likeness (QED) is 0.747. The second-order valence-electron chi connectivity index (χ2n) is 5.38. The molecule has 0 aromatic rings. The van der Waals surface area contributed by atoms with Gasteiger partial charge in [-0.15, -0.1) is 0 Å². The van der Waals surface area contributed by atoms with Crippen molar-refractivity contribution in [1.29, 1.82) is 0 Å². The predicted molar refractivity (Wildman–Crippen MR) is 65.0 cm³/mol. The summed E-state index contributed by atoms with van der Waals surface area (Å²) in [5.41, 5.74) is 0. The van der Waals surface area contributed by atoms with Crippen LogP contribution in [0.1, 0.15) is 39.0 Å². The molecule has 1 aliphatic carbocycles. The lowest BCUT2D eigenvalue weighted by molar-refractivity contribution is 0.163. The van der Waals surface area contributed by atoms with Gasteiger partial charge in [0.05, 0.1) is 0 Å². The lowest BCUT2D eigenvalue weighted by atomic mass is 9.94. The Hall–Kier alpha value is -0.0800. The molecular formula is C13H26N2. The predicted octanol–water partition coefficient (Wildman–Crippen LogP) is 2.11. The molecule has 2 aliphatic rings. The number of likely N-dealkylation sites (tertiary alicyclic amines) is 1. The lowest BCUT2D eigenvalue weighted by Crippen LogP contribution is -2.44. The lowest BCUT2D eigenvalue weighted by Gasteiger charge is -2.34. The molecule has 1 unspecified atom stereocenters. The molecule has 0 radical (unpaired) electrons. The van der Waals surface area contributed by atoms with E-state index < -0.39 is 0 Å². The molecule has 1 saturated heterocycles. The van der Waals surface area contributed by atoms with Crippen LogP contribution in [0.25, 0.3) is 0 Å². The smallest absolute Gasteiger partial charge is 0.0220 e. The number of nitrogens with one attached hydrogen (secondary N) is 1. The van der Waals surface area contributed by atoms with Crippen LogP contribution in [0.4, 0.5) is 0 Å². The van der Waals surface area contributed by atoms with E-state index >= 15 is 0 Å². The number of piperidine rings is 1. The Bertz CT molecular complexity index is 181. The van der Waals surface area contributed by atoms with Crippen molar-refractivity contribution in [3.05, 3.63) is 0 Å². The summed E-state index contributed by atoms with van der Waals surface area (Å²) in [4.78, 5) is 2.67. The number of rotatable bonds is 5. The summed E-state index contributed by atoms with van der Waals surface area (Å²) in [6.45, 7) is 6.30. The highest BCUT2D eigenvalue weighted by molar-refractivity contribution is 4.88. The van der Waals surface area contributed by atoms with Gasteiger partial charge in [-0.05, 0) is 57.7 Å². The van der Waals surface area contributed by atoms with Crippen LogP contribution in [0.15, 0.2) is 0 Å². The van der Waals surface area contributed by atoms with E-state index in [2.05, 4.69) is 24.2 Å². The molecule has 0 amide bonds. The van der Waals surface area contributed by atoms with Crippen LogP contribution in [0.5, 0.6) is 0 Å². The Kier molecular flexibility index (Phi) is 4.04. The van der Waals surface area contributed by atoms with Crippen molar-refractivity contribution >= 4 is 0 Å². The molecule has 2 nitrogen and oxygen atoms in total. The zero-order valence-corrected chi connectivity index (χ0v) is 10.3. The molecular weight excluding hydrogens is 184 g/mol. The van der Waals surface area contributed by atoms with Gasteiger partial charge >= 0.3 is 0 Å². The van der Waals surface area contributed by atoms with Gasteiger partial charge in [-0.3, -0.25) is 0 Å². The minimum absolute atomic E-state index is 0.767. The van der Waals surface area contributed by atoms with E-state index in [1.807, 2.05) is 0 Å². The van der Waals surface area contributed by atoms with Crippen LogP contribution in [0.3, 0.4) is 0 Å². The summed E-state index contributed by atoms with van der Waals surface area (Å²) in [5.74, 6) is 1.99. The van der Waals surface area contributed by atoms with Gasteiger partial charge in [0.15, 0.2) is 0 Å². The normalized spacial score (nSPS) is 26.8. The SMILES string of the molecule is CCC1CCN(CC(NC)C2CC2)CC1. The fourth-order valence-corrected chi connectivity index (χ4v) is 2.83. The first-order valence-electron chi connectivity index (χ1n) is 6.73. The minimum atomic E-state index is 0.767. The molecule has 2 rings (SSSR count). The van der Waals surface area contributed by atoms with Gasteiger partial charge in [0.25, 0.3) is 0 Å². The number of hydrogen-bond acceptors (Lipinski definition) is 2. The van der Waals surface area contributed by atoms with E-state index in [1.165, 1.54) is 51.7 Å². The summed E-state index contributed by atoms with van der Waals surface area (Å²) in [5, 5.41) is 3.49. The van der Waals surface area contributed by atoms with Gasteiger partial charge in [-0.2, -0.15) is 0 Å². The molecule has 2 heteroatoms. The fourth-order valence-electron chi connectivity index (χ4n) is 2.83. The fraction of sp³-hybridized carbons (Fsp3) is 1.00. The molecule has 0 aromatic heterocycles. The van der Waals surface area contributed by atoms with E-state index in [1.54, 1.807) is 0 Å². The first-order valence-corrected chi connectivity index (χ1v) is 6.73. The Morgan fingerprint density at radius 1 is 1.20 bits per heavy atom. The maximum Gasteiger partial charge on any atom is 0.0220 e. The van der Waals surface area contributed by atoms with Crippen LogP contribution in [0, 0.1) is 11.8 Å². The summed E-state index contributed by atoms with van der Waals surface area (Å²) >= 11 is 0. The molecule has 1 atom stereocenters.